The van der Waals surface area contributed by atoms with Crippen LogP contribution in [-0.4, -0.2) is 220 Å². The van der Waals surface area contributed by atoms with Gasteiger partial charge in [0.25, 0.3) is 5.91 Å². The van der Waals surface area contributed by atoms with Crippen molar-refractivity contribution in [3.63, 3.8) is 0 Å². The summed E-state index contributed by atoms with van der Waals surface area (Å²) in [6.07, 6.45) is -17.4. The quantitative estimate of drug-likeness (QED) is 0.0334. The molecule has 0 bridgehead atoms. The van der Waals surface area contributed by atoms with Gasteiger partial charge < -0.3 is 102 Å². The number of ether oxygens (including phenoxy) is 1. The lowest BCUT2D eigenvalue weighted by Gasteiger charge is -2.34. The minimum Gasteiger partial charge on any atom is -0.504 e. The maximum atomic E-state index is 14.7. The molecule has 4 unspecified atom stereocenters. The summed E-state index contributed by atoms with van der Waals surface area (Å²) in [4.78, 5) is 115. The number of amides is 8. The molecule has 33 heteroatoms. The third kappa shape index (κ3) is 16.9. The molecule has 32 nitrogen and oxygen atoms in total. The number of hydrogen-bond acceptors (Lipinski definition) is 23. The maximum Gasteiger partial charge on any atom is 0.446 e. The Bertz CT molecular complexity index is 3350. The highest BCUT2D eigenvalue weighted by Gasteiger charge is 2.51. The van der Waals surface area contributed by atoms with E-state index in [1.54, 1.807) is 24.3 Å². The summed E-state index contributed by atoms with van der Waals surface area (Å²) in [5, 5.41) is 116. The van der Waals surface area contributed by atoms with E-state index in [2.05, 4.69) is 32.2 Å². The minimum atomic E-state index is -5.35. The Labute approximate surface area is 507 Å². The number of rotatable bonds is 18. The van der Waals surface area contributed by atoms with Crippen LogP contribution in [0.3, 0.4) is 0 Å². The number of benzene rings is 3. The summed E-state index contributed by atoms with van der Waals surface area (Å²) in [5.41, 5.74) is 6.14. The van der Waals surface area contributed by atoms with E-state index >= 15 is 0 Å². The first kappa shape index (κ1) is 68.1. The standard InChI is InChI=1S/C56H71N9O23S/c1-4-5-6-16-86-32-9-7-8-29(17-32)39-21-33(63-87-39)27-10-12-28(13-11-27)49(75)58-34-20-38(70)52(78)62-54(80)45-46(72)25(2)23-65(45)56(82)43(37(69)22-41(57)71)60-53(79)44(48(74)47(73)30-14-15-36(68)40(18-30)88-89(83,84)85)61-51(77)35-19-31(67)24-64(35)55(81)42(26(3)66)59-50(34)76/h7-15,17-18,21,25-26,31,34-35,37-38,42-48,52,66-70,72-74,78H,4-6,16,19-20,22-24H2,1-3H3,(H2,57,71)(H,58,75)(H,59,76)(H,60,79)(H,61,77)(H,62,80)(H,83,84,85)/t25?,26-,31+,34-,35-,37+,38+,42?,43-,44?,45-,46-,47-,48-,52?/m0/s1. The van der Waals surface area contributed by atoms with E-state index in [4.69, 9.17) is 15.0 Å². The number of carbonyl (C=O) groups is 8. The first-order valence-electron chi connectivity index (χ1n) is 28.1. The second kappa shape index (κ2) is 29.3. The van der Waals surface area contributed by atoms with Gasteiger partial charge in [-0.3, -0.25) is 42.9 Å². The summed E-state index contributed by atoms with van der Waals surface area (Å²) < 4.78 is 48.2. The van der Waals surface area contributed by atoms with Gasteiger partial charge in [0, 0.05) is 54.6 Å². The molecule has 484 valence electrons. The Morgan fingerprint density at radius 1 is 0.798 bits per heavy atom. The normalized spacial score (nSPS) is 26.4. The second-order valence-corrected chi connectivity index (χ2v) is 23.0. The zero-order chi connectivity index (χ0) is 65.3. The highest BCUT2D eigenvalue weighted by Crippen LogP contribution is 2.34. The predicted molar refractivity (Wildman–Crippen MR) is 304 cm³/mol. The van der Waals surface area contributed by atoms with Crippen LogP contribution in [0.4, 0.5) is 0 Å². The van der Waals surface area contributed by atoms with Crippen molar-refractivity contribution in [3.05, 3.63) is 83.9 Å². The number of nitrogens with two attached hydrogens (primary N) is 1. The zero-order valence-electron chi connectivity index (χ0n) is 48.1. The summed E-state index contributed by atoms with van der Waals surface area (Å²) in [5.74, 6) is -12.9. The number of nitrogens with zero attached hydrogens (tertiary/aromatic N) is 3. The molecule has 4 heterocycles. The van der Waals surface area contributed by atoms with Crippen molar-refractivity contribution in [3.8, 4) is 39.8 Å². The van der Waals surface area contributed by atoms with Gasteiger partial charge in [0.1, 0.15) is 66.0 Å². The Hall–Kier alpha value is -8.38. The van der Waals surface area contributed by atoms with Crippen LogP contribution in [0.2, 0.25) is 0 Å². The highest BCUT2D eigenvalue weighted by atomic mass is 32.3. The second-order valence-electron chi connectivity index (χ2n) is 21.9. The summed E-state index contributed by atoms with van der Waals surface area (Å²) in [6, 6.07) is 3.53. The molecule has 0 saturated carbocycles. The molecule has 15 atom stereocenters. The number of aromatic hydroxyl groups is 1. The lowest BCUT2D eigenvalue weighted by atomic mass is 9.96. The van der Waals surface area contributed by atoms with E-state index < -0.39 is 198 Å². The number of phenolic OH excluding ortho intramolecular Hbond substituents is 1. The number of nitrogens with one attached hydrogen (secondary N) is 5. The van der Waals surface area contributed by atoms with Crippen molar-refractivity contribution < 1.29 is 111 Å². The van der Waals surface area contributed by atoms with Crippen LogP contribution in [0.5, 0.6) is 17.2 Å². The van der Waals surface area contributed by atoms with Gasteiger partial charge in [0.2, 0.25) is 41.4 Å². The van der Waals surface area contributed by atoms with Crippen LogP contribution >= 0.6 is 0 Å². The number of unbranched alkanes of at least 4 members (excludes halogenated alkanes) is 2. The first-order chi connectivity index (χ1) is 42.0. The van der Waals surface area contributed by atoms with Gasteiger partial charge in [-0.15, -0.1) is 0 Å². The molecule has 3 aromatic carbocycles. The number of phenols is 1. The fourth-order valence-corrected chi connectivity index (χ4v) is 10.7. The fraction of sp³-hybridized carbons (Fsp3) is 0.482. The predicted octanol–water partition coefficient (Wildman–Crippen LogP) is -3.90. The van der Waals surface area contributed by atoms with Crippen LogP contribution in [0.1, 0.15) is 81.3 Å². The van der Waals surface area contributed by atoms with E-state index in [1.807, 2.05) is 16.7 Å². The van der Waals surface area contributed by atoms with Gasteiger partial charge in [-0.1, -0.05) is 62.2 Å². The molecule has 89 heavy (non-hydrogen) atoms. The van der Waals surface area contributed by atoms with Crippen LogP contribution < -0.4 is 41.2 Å². The Morgan fingerprint density at radius 2 is 1.47 bits per heavy atom. The van der Waals surface area contributed by atoms with Crippen molar-refractivity contribution in [2.45, 2.75) is 145 Å². The zero-order valence-corrected chi connectivity index (χ0v) is 48.9. The van der Waals surface area contributed by atoms with Crippen LogP contribution in [0, 0.1) is 5.92 Å². The smallest absolute Gasteiger partial charge is 0.446 e. The lowest BCUT2D eigenvalue weighted by molar-refractivity contribution is -0.149. The molecule has 3 aliphatic rings. The van der Waals surface area contributed by atoms with E-state index in [-0.39, 0.29) is 5.56 Å². The highest BCUT2D eigenvalue weighted by molar-refractivity contribution is 7.81. The van der Waals surface area contributed by atoms with E-state index in [9.17, 15) is 97.3 Å². The van der Waals surface area contributed by atoms with Crippen molar-refractivity contribution >= 4 is 57.7 Å². The van der Waals surface area contributed by atoms with Gasteiger partial charge in [-0.2, -0.15) is 8.42 Å². The molecule has 1 aromatic heterocycles. The number of fused-ring (bicyclic) bond motifs is 2. The monoisotopic (exact) mass is 1270 g/mol. The summed E-state index contributed by atoms with van der Waals surface area (Å²) >= 11 is 0. The Kier molecular flexibility index (Phi) is 22.4. The van der Waals surface area contributed by atoms with Gasteiger partial charge >= 0.3 is 10.4 Å². The molecule has 0 radical (unpaired) electrons. The third-order valence-electron chi connectivity index (χ3n) is 15.2. The molecule has 4 aromatic rings. The molecule has 7 rings (SSSR count). The van der Waals surface area contributed by atoms with Crippen LogP contribution in [-0.2, 0) is 44.0 Å². The van der Waals surface area contributed by atoms with E-state index in [0.29, 0.717) is 56.9 Å². The average molecular weight is 1270 g/mol. The lowest BCUT2D eigenvalue weighted by Crippen LogP contribution is -2.64. The molecule has 3 aliphatic heterocycles. The first-order valence-corrected chi connectivity index (χ1v) is 29.5. The largest absolute Gasteiger partial charge is 0.504 e. The van der Waals surface area contributed by atoms with Crippen molar-refractivity contribution in [1.82, 2.24) is 41.5 Å². The van der Waals surface area contributed by atoms with E-state index in [0.717, 1.165) is 32.3 Å². The van der Waals surface area contributed by atoms with Crippen molar-refractivity contribution in [2.75, 3.05) is 19.7 Å². The molecular weight excluding hydrogens is 1200 g/mol. The summed E-state index contributed by atoms with van der Waals surface area (Å²) in [6.45, 7) is 3.69. The van der Waals surface area contributed by atoms with Crippen molar-refractivity contribution in [2.24, 2.45) is 11.7 Å². The van der Waals surface area contributed by atoms with Gasteiger partial charge in [-0.25, -0.2) is 0 Å². The molecule has 0 spiro atoms. The van der Waals surface area contributed by atoms with Gasteiger partial charge in [0.05, 0.1) is 37.4 Å². The number of carbonyl (C=O) groups excluding carboxylic acids is 8. The van der Waals surface area contributed by atoms with Crippen molar-refractivity contribution in [1.29, 1.82) is 0 Å². The number of aliphatic hydroxyl groups excluding tert-OH is 8. The maximum absolute atomic E-state index is 14.7. The Morgan fingerprint density at radius 3 is 2.13 bits per heavy atom. The molecule has 0 aliphatic carbocycles. The van der Waals surface area contributed by atoms with E-state index in [1.165, 1.54) is 31.2 Å². The summed E-state index contributed by atoms with van der Waals surface area (Å²) in [7, 11) is -5.35. The topological polar surface area (TPSA) is 510 Å². The number of aliphatic hydroxyl groups is 8. The van der Waals surface area contributed by atoms with Gasteiger partial charge in [-0.05, 0) is 55.3 Å². The van der Waals surface area contributed by atoms with Gasteiger partial charge in [0.15, 0.2) is 23.5 Å². The Balaban J connectivity index is 1.23. The number of aromatic nitrogens is 1. The fourth-order valence-electron chi connectivity index (χ4n) is 10.4. The molecule has 3 fully saturated rings. The number of primary amides is 1. The number of hydrogen-bond donors (Lipinski definition) is 16. The molecular formula is C56H71N9O23S. The molecule has 3 saturated heterocycles. The van der Waals surface area contributed by atoms with Crippen LogP contribution in [0.15, 0.2) is 77.3 Å². The SMILES string of the molecule is CCCCCOc1cccc(-c2cc(-c3ccc(C(=O)N[C@H]4C[C@@H](O)C(O)NC(=O)[C@@H]5[C@@H](O)C(C)CN5C(=O)[C@H]([C@H](O)CC(N)=O)NC(=O)C([C@H](O)[C@@H](O)c5ccc(O)c(OS(=O)(=O)O)c5)NC(=O)[C@@H]5C[C@@H](O)CN5C(=O)C([C@H](C)O)NC4=O)cc3)no2)c1. The third-order valence-corrected chi connectivity index (χ3v) is 15.5. The average Bonchev–Trinajstić information content (AvgIpc) is 1.84. The molecule has 8 amide bonds. The molecule has 17 N–H and O–H groups in total. The minimum absolute atomic E-state index is 0.108. The van der Waals surface area contributed by atoms with Crippen LogP contribution in [0.25, 0.3) is 22.6 Å².